The number of hydrogen-bond donors (Lipinski definition) is 2. The number of hydrogen-bond acceptors (Lipinski definition) is 7. The maximum absolute atomic E-state index is 12.8. The number of aryl methyl sites for hydroxylation is 1. The van der Waals surface area contributed by atoms with Crippen LogP contribution in [-0.4, -0.2) is 57.1 Å². The molecule has 5 atom stereocenters. The van der Waals surface area contributed by atoms with Crippen LogP contribution >= 0.6 is 11.6 Å². The van der Waals surface area contributed by atoms with Crippen molar-refractivity contribution in [2.45, 2.75) is 95.5 Å². The maximum atomic E-state index is 12.8. The highest BCUT2D eigenvalue weighted by Gasteiger charge is 2.38. The van der Waals surface area contributed by atoms with E-state index in [1.54, 1.807) is 18.2 Å². The molecular formula is C34H47ClN2O6S. The van der Waals surface area contributed by atoms with Gasteiger partial charge in [-0.2, -0.15) is 0 Å². The van der Waals surface area contributed by atoms with Gasteiger partial charge in [-0.3, -0.25) is 9.52 Å². The zero-order valence-electron chi connectivity index (χ0n) is 26.1. The number of amides is 1. The lowest BCUT2D eigenvalue weighted by Crippen LogP contribution is -2.39. The Balaban J connectivity index is 1.46. The number of sulfonamides is 1. The number of aliphatic hydroxyl groups excluding tert-OH is 1. The van der Waals surface area contributed by atoms with E-state index in [0.29, 0.717) is 49.1 Å². The third-order valence-electron chi connectivity index (χ3n) is 9.44. The Labute approximate surface area is 267 Å². The molecule has 242 valence electrons. The molecule has 44 heavy (non-hydrogen) atoms. The summed E-state index contributed by atoms with van der Waals surface area (Å²) >= 11 is 6.40. The monoisotopic (exact) mass is 646 g/mol. The van der Waals surface area contributed by atoms with E-state index in [9.17, 15) is 18.3 Å². The highest BCUT2D eigenvalue weighted by molar-refractivity contribution is 7.90. The highest BCUT2D eigenvalue weighted by Crippen LogP contribution is 2.40. The van der Waals surface area contributed by atoms with Crippen molar-refractivity contribution in [2.75, 3.05) is 31.2 Å². The molecule has 1 saturated carbocycles. The number of nitrogens with zero attached hydrogens (tertiary/aromatic N) is 1. The molecule has 5 rings (SSSR count). The van der Waals surface area contributed by atoms with Crippen LogP contribution in [0.3, 0.4) is 0 Å². The van der Waals surface area contributed by atoms with Crippen molar-refractivity contribution in [2.24, 2.45) is 11.8 Å². The zero-order valence-corrected chi connectivity index (χ0v) is 27.7. The van der Waals surface area contributed by atoms with Gasteiger partial charge in [0.15, 0.2) is 6.10 Å². The standard InChI is InChI=1S/C34H47ClN2O6S/c1-4-8-23-17-26(35)11-14-29(23)25-20-37(19-22(3)28(5-2)31-9-6-7-16-42-31)30-18-24(10-15-32(30)43-21-25)33(38)34(39)36-44(40,41)27-12-13-27/h10-11,14-15,17-18,22,25,27-28,31,33,38H,4-9,12-13,16,19-21H2,1-3H3,(H,36,39). The molecule has 5 unspecified atom stereocenters. The molecule has 0 aromatic heterocycles. The molecule has 2 heterocycles. The molecule has 0 radical (unpaired) electrons. The predicted molar refractivity (Wildman–Crippen MR) is 174 cm³/mol. The van der Waals surface area contributed by atoms with Gasteiger partial charge in [0.1, 0.15) is 5.75 Å². The summed E-state index contributed by atoms with van der Waals surface area (Å²) in [5, 5.41) is 11.1. The van der Waals surface area contributed by atoms with Crippen molar-refractivity contribution in [3.05, 3.63) is 58.1 Å². The molecule has 1 aliphatic carbocycles. The Kier molecular flexibility index (Phi) is 10.8. The normalized spacial score (nSPS) is 22.7. The number of benzene rings is 2. The first-order valence-corrected chi connectivity index (χ1v) is 18.2. The lowest BCUT2D eigenvalue weighted by atomic mass is 9.83. The van der Waals surface area contributed by atoms with E-state index in [2.05, 4.69) is 42.5 Å². The number of fused-ring (bicyclic) bond motifs is 1. The number of aliphatic hydroxyl groups is 1. The van der Waals surface area contributed by atoms with Crippen molar-refractivity contribution in [3.63, 3.8) is 0 Å². The van der Waals surface area contributed by atoms with Gasteiger partial charge >= 0.3 is 0 Å². The van der Waals surface area contributed by atoms with Crippen molar-refractivity contribution in [1.29, 1.82) is 0 Å². The molecule has 2 aromatic rings. The Bertz CT molecular complexity index is 1410. The summed E-state index contributed by atoms with van der Waals surface area (Å²) in [6, 6.07) is 11.3. The predicted octanol–water partition coefficient (Wildman–Crippen LogP) is 6.15. The van der Waals surface area contributed by atoms with E-state index in [0.717, 1.165) is 56.0 Å². The molecule has 8 nitrogen and oxygen atoms in total. The summed E-state index contributed by atoms with van der Waals surface area (Å²) in [6.45, 7) is 9.38. The van der Waals surface area contributed by atoms with Crippen LogP contribution in [0.1, 0.15) is 94.4 Å². The van der Waals surface area contributed by atoms with Crippen LogP contribution in [0.2, 0.25) is 5.02 Å². The van der Waals surface area contributed by atoms with Gasteiger partial charge < -0.3 is 19.5 Å². The molecule has 3 aliphatic rings. The van der Waals surface area contributed by atoms with E-state index >= 15 is 0 Å². The molecule has 0 bridgehead atoms. The number of carbonyl (C=O) groups excluding carboxylic acids is 1. The second-order valence-corrected chi connectivity index (χ2v) is 15.2. The summed E-state index contributed by atoms with van der Waals surface area (Å²) in [5.74, 6) is 0.500. The van der Waals surface area contributed by atoms with E-state index in [1.807, 2.05) is 6.07 Å². The summed E-state index contributed by atoms with van der Waals surface area (Å²) < 4.78 is 39.5. The van der Waals surface area contributed by atoms with Crippen molar-refractivity contribution >= 4 is 33.2 Å². The Morgan fingerprint density at radius 1 is 1.14 bits per heavy atom. The fourth-order valence-corrected chi connectivity index (χ4v) is 8.44. The number of carbonyl (C=O) groups is 1. The fraction of sp³-hybridized carbons (Fsp3) is 0.618. The largest absolute Gasteiger partial charge is 0.491 e. The van der Waals surface area contributed by atoms with Gasteiger partial charge in [-0.15, -0.1) is 0 Å². The summed E-state index contributed by atoms with van der Waals surface area (Å²) in [7, 11) is -3.78. The van der Waals surface area contributed by atoms with Gasteiger partial charge in [0.2, 0.25) is 10.0 Å². The Morgan fingerprint density at radius 2 is 1.93 bits per heavy atom. The molecule has 0 spiro atoms. The molecule has 10 heteroatoms. The Hall–Kier alpha value is -2.33. The zero-order chi connectivity index (χ0) is 31.4. The minimum Gasteiger partial charge on any atom is -0.491 e. The molecule has 1 amide bonds. The van der Waals surface area contributed by atoms with Crippen LogP contribution < -0.4 is 14.4 Å². The molecule has 2 aliphatic heterocycles. The van der Waals surface area contributed by atoms with Crippen LogP contribution in [0.4, 0.5) is 5.69 Å². The van der Waals surface area contributed by atoms with Crippen LogP contribution in [0.25, 0.3) is 0 Å². The molecule has 1 saturated heterocycles. The minimum atomic E-state index is -3.78. The first-order chi connectivity index (χ1) is 21.1. The van der Waals surface area contributed by atoms with Crippen molar-refractivity contribution in [3.8, 4) is 5.75 Å². The molecular weight excluding hydrogens is 600 g/mol. The second kappa shape index (κ2) is 14.4. The highest BCUT2D eigenvalue weighted by atomic mass is 35.5. The fourth-order valence-electron chi connectivity index (χ4n) is 6.93. The van der Waals surface area contributed by atoms with Crippen molar-refractivity contribution in [1.82, 2.24) is 4.72 Å². The number of ether oxygens (including phenoxy) is 2. The smallest absolute Gasteiger partial charge is 0.266 e. The van der Waals surface area contributed by atoms with Crippen LogP contribution in [-0.2, 0) is 26.0 Å². The number of halogens is 1. The average Bonchev–Trinajstić information content (AvgIpc) is 3.87. The third-order valence-corrected chi connectivity index (χ3v) is 11.5. The van der Waals surface area contributed by atoms with Crippen LogP contribution in [0, 0.1) is 11.8 Å². The van der Waals surface area contributed by atoms with Crippen LogP contribution in [0.5, 0.6) is 5.75 Å². The maximum Gasteiger partial charge on any atom is 0.266 e. The summed E-state index contributed by atoms with van der Waals surface area (Å²) in [6.07, 6.45) is 5.98. The SMILES string of the molecule is CCCc1cc(Cl)ccc1C1COc2ccc(C(O)C(=O)NS(=O)(=O)C3CC3)cc2N(CC(C)C(CC)C2CCCCO2)C1. The summed E-state index contributed by atoms with van der Waals surface area (Å²) in [5.41, 5.74) is 3.56. The number of anilines is 1. The molecule has 2 N–H and O–H groups in total. The third kappa shape index (κ3) is 7.72. The van der Waals surface area contributed by atoms with Gasteiger partial charge in [0.05, 0.1) is 23.6 Å². The van der Waals surface area contributed by atoms with Gasteiger partial charge in [0, 0.05) is 30.6 Å². The number of rotatable bonds is 12. The van der Waals surface area contributed by atoms with E-state index in [4.69, 9.17) is 21.1 Å². The summed E-state index contributed by atoms with van der Waals surface area (Å²) in [4.78, 5) is 15.2. The Morgan fingerprint density at radius 3 is 2.61 bits per heavy atom. The lowest BCUT2D eigenvalue weighted by Gasteiger charge is -2.37. The van der Waals surface area contributed by atoms with E-state index in [1.165, 1.54) is 17.5 Å². The lowest BCUT2D eigenvalue weighted by molar-refractivity contribution is -0.127. The molecule has 2 fully saturated rings. The van der Waals surface area contributed by atoms with E-state index < -0.39 is 27.3 Å². The minimum absolute atomic E-state index is 0.0692. The topological polar surface area (TPSA) is 105 Å². The van der Waals surface area contributed by atoms with Crippen LogP contribution in [0.15, 0.2) is 36.4 Å². The first-order valence-electron chi connectivity index (χ1n) is 16.3. The van der Waals surface area contributed by atoms with E-state index in [-0.39, 0.29) is 12.0 Å². The van der Waals surface area contributed by atoms with Gasteiger partial charge in [-0.1, -0.05) is 57.3 Å². The quantitative estimate of drug-likeness (QED) is 0.285. The van der Waals surface area contributed by atoms with Gasteiger partial charge in [0.25, 0.3) is 5.91 Å². The first kappa shape index (κ1) is 33.0. The van der Waals surface area contributed by atoms with Gasteiger partial charge in [-0.05, 0) is 91.3 Å². The number of nitrogens with one attached hydrogen (secondary N) is 1. The second-order valence-electron chi connectivity index (χ2n) is 12.8. The average molecular weight is 647 g/mol. The van der Waals surface area contributed by atoms with Gasteiger partial charge in [-0.25, -0.2) is 8.42 Å². The molecule has 2 aromatic carbocycles. The van der Waals surface area contributed by atoms with Crippen molar-refractivity contribution < 1.29 is 27.8 Å².